The number of amides is 1. The van der Waals surface area contributed by atoms with Crippen LogP contribution in [0.3, 0.4) is 0 Å². The van der Waals surface area contributed by atoms with Gasteiger partial charge in [-0.3, -0.25) is 4.79 Å². The molecule has 1 aliphatic heterocycles. The molecule has 112 valence electrons. The molecule has 0 radical (unpaired) electrons. The number of aryl methyl sites for hydroxylation is 1. The van der Waals surface area contributed by atoms with Crippen molar-refractivity contribution in [2.45, 2.75) is 33.2 Å². The summed E-state index contributed by atoms with van der Waals surface area (Å²) in [5, 5.41) is 2.99. The van der Waals surface area contributed by atoms with Gasteiger partial charge in [0.05, 0.1) is 5.69 Å². The van der Waals surface area contributed by atoms with Crippen LogP contribution in [0.25, 0.3) is 0 Å². The number of likely N-dealkylation sites (tertiary alicyclic amines) is 1. The van der Waals surface area contributed by atoms with Gasteiger partial charge in [0, 0.05) is 25.8 Å². The van der Waals surface area contributed by atoms with Gasteiger partial charge in [-0.1, -0.05) is 6.92 Å². The molecule has 2 rings (SSSR count). The third kappa shape index (κ3) is 3.76. The number of nitrogens with two attached hydrogens (primary N) is 1. The highest BCUT2D eigenvalue weighted by Gasteiger charge is 2.16. The lowest BCUT2D eigenvalue weighted by Gasteiger charge is -2.30. The number of anilines is 1. The molecule has 3 N–H and O–H groups in total. The van der Waals surface area contributed by atoms with Gasteiger partial charge in [0.1, 0.15) is 5.69 Å². The van der Waals surface area contributed by atoms with Crippen LogP contribution < -0.4 is 11.1 Å². The largest absolute Gasteiger partial charge is 0.397 e. The summed E-state index contributed by atoms with van der Waals surface area (Å²) in [4.78, 5) is 14.5. The van der Waals surface area contributed by atoms with Crippen LogP contribution in [0.1, 0.15) is 37.2 Å². The molecule has 1 aliphatic rings. The molecule has 0 unspecified atom stereocenters. The molecular formula is C15H26N4O. The molecule has 1 amide bonds. The monoisotopic (exact) mass is 278 g/mol. The van der Waals surface area contributed by atoms with Crippen LogP contribution in [0.5, 0.6) is 0 Å². The quantitative estimate of drug-likeness (QED) is 0.859. The van der Waals surface area contributed by atoms with E-state index in [2.05, 4.69) is 17.1 Å². The van der Waals surface area contributed by atoms with Gasteiger partial charge in [-0.25, -0.2) is 0 Å². The number of piperidine rings is 1. The Kier molecular flexibility index (Phi) is 5.06. The maximum Gasteiger partial charge on any atom is 0.268 e. The summed E-state index contributed by atoms with van der Waals surface area (Å²) in [5.41, 5.74) is 7.03. The topological polar surface area (TPSA) is 63.3 Å². The van der Waals surface area contributed by atoms with E-state index in [1.165, 1.54) is 12.8 Å². The van der Waals surface area contributed by atoms with E-state index in [9.17, 15) is 4.79 Å². The van der Waals surface area contributed by atoms with Gasteiger partial charge < -0.3 is 20.5 Å². The van der Waals surface area contributed by atoms with E-state index in [1.807, 2.05) is 11.5 Å². The molecule has 0 saturated carbocycles. The Bertz CT molecular complexity index is 447. The summed E-state index contributed by atoms with van der Waals surface area (Å²) < 4.78 is 1.88. The Morgan fingerprint density at radius 2 is 2.15 bits per heavy atom. The molecule has 0 bridgehead atoms. The molecule has 5 heteroatoms. The van der Waals surface area contributed by atoms with Crippen LogP contribution in [0.2, 0.25) is 0 Å². The maximum absolute atomic E-state index is 12.1. The Labute approximate surface area is 121 Å². The fourth-order valence-electron chi connectivity index (χ4n) is 2.69. The van der Waals surface area contributed by atoms with E-state index in [0.717, 1.165) is 32.1 Å². The molecule has 20 heavy (non-hydrogen) atoms. The maximum atomic E-state index is 12.1. The first-order valence-electron chi connectivity index (χ1n) is 7.56. The molecular weight excluding hydrogens is 252 g/mol. The number of carbonyl (C=O) groups excluding carboxylic acids is 1. The first-order valence-corrected chi connectivity index (χ1v) is 7.56. The lowest BCUT2D eigenvalue weighted by molar-refractivity contribution is 0.0935. The number of hydrogen-bond donors (Lipinski definition) is 2. The number of hydrogen-bond acceptors (Lipinski definition) is 3. The standard InChI is InChI=1S/C15H26N4O/c1-3-19-11-13(16)10-14(19)15(20)17-6-9-18-7-4-12(2)5-8-18/h10-12H,3-9,16H2,1-2H3,(H,17,20). The zero-order chi connectivity index (χ0) is 14.5. The number of nitrogens with zero attached hydrogens (tertiary/aromatic N) is 2. The summed E-state index contributed by atoms with van der Waals surface area (Å²) in [6.45, 7) is 8.99. The smallest absolute Gasteiger partial charge is 0.268 e. The predicted molar refractivity (Wildman–Crippen MR) is 81.7 cm³/mol. The summed E-state index contributed by atoms with van der Waals surface area (Å²) in [6, 6.07) is 1.74. The van der Waals surface area contributed by atoms with Gasteiger partial charge in [-0.2, -0.15) is 0 Å². The minimum absolute atomic E-state index is 0.0334. The second-order valence-corrected chi connectivity index (χ2v) is 5.72. The average molecular weight is 278 g/mol. The van der Waals surface area contributed by atoms with E-state index < -0.39 is 0 Å². The van der Waals surface area contributed by atoms with Crippen LogP contribution in [0.15, 0.2) is 12.3 Å². The Hall–Kier alpha value is -1.49. The number of nitrogens with one attached hydrogen (secondary N) is 1. The zero-order valence-electron chi connectivity index (χ0n) is 12.6. The lowest BCUT2D eigenvalue weighted by Crippen LogP contribution is -2.39. The van der Waals surface area contributed by atoms with Crippen molar-refractivity contribution >= 4 is 11.6 Å². The van der Waals surface area contributed by atoms with Crippen molar-refractivity contribution in [3.63, 3.8) is 0 Å². The molecule has 1 fully saturated rings. The molecule has 1 saturated heterocycles. The number of rotatable bonds is 5. The third-order valence-electron chi connectivity index (χ3n) is 4.08. The van der Waals surface area contributed by atoms with Gasteiger partial charge in [-0.05, 0) is 44.8 Å². The fraction of sp³-hybridized carbons (Fsp3) is 0.667. The average Bonchev–Trinajstić information content (AvgIpc) is 2.82. The summed E-state index contributed by atoms with van der Waals surface area (Å²) in [5.74, 6) is 0.811. The van der Waals surface area contributed by atoms with Gasteiger partial charge in [-0.15, -0.1) is 0 Å². The molecule has 1 aromatic heterocycles. The van der Waals surface area contributed by atoms with Crippen LogP contribution in [0.4, 0.5) is 5.69 Å². The number of carbonyl (C=O) groups is 1. The summed E-state index contributed by atoms with van der Waals surface area (Å²) in [6.07, 6.45) is 4.34. The van der Waals surface area contributed by atoms with Crippen molar-refractivity contribution in [1.29, 1.82) is 0 Å². The molecule has 2 heterocycles. The van der Waals surface area contributed by atoms with Crippen molar-refractivity contribution < 1.29 is 4.79 Å². The second kappa shape index (κ2) is 6.79. The molecule has 5 nitrogen and oxygen atoms in total. The normalized spacial score (nSPS) is 17.3. The number of nitrogen functional groups attached to an aromatic ring is 1. The van der Waals surface area contributed by atoms with E-state index in [1.54, 1.807) is 12.3 Å². The summed E-state index contributed by atoms with van der Waals surface area (Å²) in [7, 11) is 0. The van der Waals surface area contributed by atoms with Gasteiger partial charge in [0.25, 0.3) is 5.91 Å². The minimum Gasteiger partial charge on any atom is -0.397 e. The minimum atomic E-state index is -0.0334. The van der Waals surface area contributed by atoms with Gasteiger partial charge in [0.2, 0.25) is 0 Å². The Morgan fingerprint density at radius 3 is 2.80 bits per heavy atom. The number of aromatic nitrogens is 1. The fourth-order valence-corrected chi connectivity index (χ4v) is 2.69. The van der Waals surface area contributed by atoms with Crippen molar-refractivity contribution in [1.82, 2.24) is 14.8 Å². The van der Waals surface area contributed by atoms with Gasteiger partial charge >= 0.3 is 0 Å². The first-order chi connectivity index (χ1) is 9.60. The van der Waals surface area contributed by atoms with E-state index in [-0.39, 0.29) is 5.91 Å². The van der Waals surface area contributed by atoms with Crippen LogP contribution in [-0.4, -0.2) is 41.6 Å². The summed E-state index contributed by atoms with van der Waals surface area (Å²) >= 11 is 0. The van der Waals surface area contributed by atoms with E-state index >= 15 is 0 Å². The van der Waals surface area contributed by atoms with Gasteiger partial charge in [0.15, 0.2) is 0 Å². The van der Waals surface area contributed by atoms with Crippen LogP contribution in [0, 0.1) is 5.92 Å². The molecule has 0 spiro atoms. The van der Waals surface area contributed by atoms with E-state index in [0.29, 0.717) is 17.9 Å². The second-order valence-electron chi connectivity index (χ2n) is 5.72. The highest BCUT2D eigenvalue weighted by molar-refractivity contribution is 5.93. The highest BCUT2D eigenvalue weighted by Crippen LogP contribution is 2.15. The molecule has 0 aromatic carbocycles. The predicted octanol–water partition coefficient (Wildman–Crippen LogP) is 1.55. The molecule has 1 aromatic rings. The third-order valence-corrected chi connectivity index (χ3v) is 4.08. The van der Waals surface area contributed by atoms with Crippen LogP contribution >= 0.6 is 0 Å². The van der Waals surface area contributed by atoms with Crippen molar-refractivity contribution in [2.24, 2.45) is 5.92 Å². The zero-order valence-corrected chi connectivity index (χ0v) is 12.6. The van der Waals surface area contributed by atoms with Crippen molar-refractivity contribution in [2.75, 3.05) is 31.9 Å². The van der Waals surface area contributed by atoms with E-state index in [4.69, 9.17) is 5.73 Å². The SMILES string of the molecule is CCn1cc(N)cc1C(=O)NCCN1CCC(C)CC1. The van der Waals surface area contributed by atoms with Crippen LogP contribution in [-0.2, 0) is 6.54 Å². The van der Waals surface area contributed by atoms with Crippen molar-refractivity contribution in [3.8, 4) is 0 Å². The molecule has 0 atom stereocenters. The molecule has 0 aliphatic carbocycles. The Balaban J connectivity index is 1.77. The lowest BCUT2D eigenvalue weighted by atomic mass is 9.99. The first kappa shape index (κ1) is 14.9. The Morgan fingerprint density at radius 1 is 1.45 bits per heavy atom. The van der Waals surface area contributed by atoms with Crippen molar-refractivity contribution in [3.05, 3.63) is 18.0 Å². The highest BCUT2D eigenvalue weighted by atomic mass is 16.1.